The molecule has 1 unspecified atom stereocenters. The molecule has 0 radical (unpaired) electrons. The molecule has 0 nitrogen and oxygen atoms in total. The Morgan fingerprint density at radius 1 is 0.676 bits per heavy atom. The third kappa shape index (κ3) is 7.73. The molecule has 0 heterocycles. The third-order valence-corrected chi connectivity index (χ3v) is 10.7. The summed E-state index contributed by atoms with van der Waals surface area (Å²) in [5.41, 5.74) is 3.10. The fraction of sp³-hybridized carbons (Fsp3) is 0.765. The topological polar surface area (TPSA) is 0 Å². The second-order valence-electron chi connectivity index (χ2n) is 15.3. The van der Waals surface area contributed by atoms with Crippen molar-refractivity contribution in [1.29, 1.82) is 0 Å². The van der Waals surface area contributed by atoms with Gasteiger partial charge in [-0.05, 0) is 76.1 Å². The molecule has 0 N–H and O–H groups in total. The van der Waals surface area contributed by atoms with Crippen LogP contribution in [0.4, 0.5) is 0 Å². The fourth-order valence-electron chi connectivity index (χ4n) is 5.06. The van der Waals surface area contributed by atoms with Gasteiger partial charge in [-0.25, -0.2) is 0 Å². The van der Waals surface area contributed by atoms with Crippen LogP contribution in [0.15, 0.2) is 43.0 Å². The lowest BCUT2D eigenvalue weighted by Crippen LogP contribution is -2.35. The smallest absolute Gasteiger partial charge is 0.0106 e. The standard InChI is InChI=1S/C34H60/c1-15-31(7,8)33(11,12)24-22-29(3,4)26-28(27-20-18-17-19-21-27)30(5,6)23-25-34(13,14)32(9,10)16-2/h15,17-21,28H,1,16,22-26H2,2-14H3. The van der Waals surface area contributed by atoms with E-state index in [4.69, 9.17) is 0 Å². The molecule has 0 aliphatic rings. The summed E-state index contributed by atoms with van der Waals surface area (Å²) in [6.07, 6.45) is 9.59. The highest BCUT2D eigenvalue weighted by atomic mass is 14.5. The highest BCUT2D eigenvalue weighted by Gasteiger charge is 2.41. The molecular formula is C34H60. The summed E-state index contributed by atoms with van der Waals surface area (Å²) in [5, 5.41) is 0. The molecule has 0 bridgehead atoms. The maximum Gasteiger partial charge on any atom is -0.0106 e. The maximum atomic E-state index is 4.13. The quantitative estimate of drug-likeness (QED) is 0.238. The first-order chi connectivity index (χ1) is 15.2. The molecule has 1 atom stereocenters. The van der Waals surface area contributed by atoms with Gasteiger partial charge in [0.15, 0.2) is 0 Å². The van der Waals surface area contributed by atoms with Crippen LogP contribution in [-0.2, 0) is 0 Å². The molecule has 34 heavy (non-hydrogen) atoms. The number of hydrogen-bond acceptors (Lipinski definition) is 0. The van der Waals surface area contributed by atoms with Crippen LogP contribution < -0.4 is 0 Å². The van der Waals surface area contributed by atoms with E-state index < -0.39 is 0 Å². The van der Waals surface area contributed by atoms with Crippen LogP contribution in [0.25, 0.3) is 0 Å². The van der Waals surface area contributed by atoms with Gasteiger partial charge in [0, 0.05) is 0 Å². The Labute approximate surface area is 215 Å². The Morgan fingerprint density at radius 3 is 1.65 bits per heavy atom. The summed E-state index contributed by atoms with van der Waals surface area (Å²) in [5.74, 6) is 0.555. The van der Waals surface area contributed by atoms with Crippen LogP contribution in [0.5, 0.6) is 0 Å². The van der Waals surface area contributed by atoms with Gasteiger partial charge in [-0.3, -0.25) is 0 Å². The van der Waals surface area contributed by atoms with E-state index in [-0.39, 0.29) is 21.7 Å². The maximum absolute atomic E-state index is 4.13. The van der Waals surface area contributed by atoms with E-state index in [2.05, 4.69) is 133 Å². The van der Waals surface area contributed by atoms with E-state index in [1.54, 1.807) is 0 Å². The lowest BCUT2D eigenvalue weighted by molar-refractivity contribution is 0.0642. The highest BCUT2D eigenvalue weighted by Crippen LogP contribution is 2.53. The van der Waals surface area contributed by atoms with Crippen molar-refractivity contribution in [2.45, 2.75) is 134 Å². The van der Waals surface area contributed by atoms with Gasteiger partial charge in [0.2, 0.25) is 0 Å². The Balaban J connectivity index is 3.15. The van der Waals surface area contributed by atoms with Gasteiger partial charge in [-0.1, -0.05) is 133 Å². The molecule has 0 aliphatic carbocycles. The summed E-state index contributed by atoms with van der Waals surface area (Å²) in [7, 11) is 0. The normalized spacial score (nSPS) is 15.3. The second-order valence-corrected chi connectivity index (χ2v) is 15.3. The molecule has 196 valence electrons. The molecule has 0 saturated carbocycles. The Kier molecular flexibility index (Phi) is 9.96. The predicted octanol–water partition coefficient (Wildman–Crippen LogP) is 11.5. The van der Waals surface area contributed by atoms with Gasteiger partial charge < -0.3 is 0 Å². The molecule has 0 heteroatoms. The van der Waals surface area contributed by atoms with E-state index in [0.717, 1.165) is 0 Å². The van der Waals surface area contributed by atoms with Crippen molar-refractivity contribution < 1.29 is 0 Å². The van der Waals surface area contributed by atoms with Gasteiger partial charge in [0.25, 0.3) is 0 Å². The van der Waals surface area contributed by atoms with Crippen LogP contribution in [0.2, 0.25) is 0 Å². The van der Waals surface area contributed by atoms with Crippen LogP contribution in [0.1, 0.15) is 140 Å². The molecule has 1 aromatic carbocycles. The van der Waals surface area contributed by atoms with Crippen molar-refractivity contribution in [1.82, 2.24) is 0 Å². The minimum absolute atomic E-state index is 0.138. The van der Waals surface area contributed by atoms with Gasteiger partial charge in [-0.15, -0.1) is 6.58 Å². The summed E-state index contributed by atoms with van der Waals surface area (Å²) in [6, 6.07) is 11.4. The lowest BCUT2D eigenvalue weighted by Gasteiger charge is -2.46. The monoisotopic (exact) mass is 468 g/mol. The van der Waals surface area contributed by atoms with Crippen LogP contribution in [0.3, 0.4) is 0 Å². The summed E-state index contributed by atoms with van der Waals surface area (Å²) >= 11 is 0. The third-order valence-electron chi connectivity index (χ3n) is 10.7. The van der Waals surface area contributed by atoms with Crippen molar-refractivity contribution >= 4 is 0 Å². The number of benzene rings is 1. The average molecular weight is 469 g/mol. The summed E-state index contributed by atoms with van der Waals surface area (Å²) in [6.45, 7) is 35.9. The first-order valence-electron chi connectivity index (χ1n) is 13.9. The van der Waals surface area contributed by atoms with Crippen molar-refractivity contribution in [2.75, 3.05) is 0 Å². The van der Waals surface area contributed by atoms with Crippen LogP contribution in [0, 0.1) is 32.5 Å². The van der Waals surface area contributed by atoms with Crippen molar-refractivity contribution in [3.8, 4) is 0 Å². The van der Waals surface area contributed by atoms with Gasteiger partial charge in [0.1, 0.15) is 0 Å². The highest BCUT2D eigenvalue weighted by molar-refractivity contribution is 5.22. The van der Waals surface area contributed by atoms with Crippen LogP contribution >= 0.6 is 0 Å². The summed E-state index contributed by atoms with van der Waals surface area (Å²) < 4.78 is 0. The van der Waals surface area contributed by atoms with E-state index >= 15 is 0 Å². The van der Waals surface area contributed by atoms with E-state index in [9.17, 15) is 0 Å². The fourth-order valence-corrected chi connectivity index (χ4v) is 5.06. The average Bonchev–Trinajstić information content (AvgIpc) is 2.75. The molecule has 1 rings (SSSR count). The van der Waals surface area contributed by atoms with Gasteiger partial charge in [-0.2, -0.15) is 0 Å². The Hall–Kier alpha value is -1.04. The number of hydrogen-bond donors (Lipinski definition) is 0. The molecule has 0 amide bonds. The van der Waals surface area contributed by atoms with E-state index in [1.165, 1.54) is 44.1 Å². The first kappa shape index (κ1) is 31.0. The van der Waals surface area contributed by atoms with E-state index in [0.29, 0.717) is 16.7 Å². The zero-order valence-corrected chi connectivity index (χ0v) is 25.5. The second kappa shape index (κ2) is 10.9. The largest absolute Gasteiger partial charge is 0.103 e. The molecule has 0 aliphatic heterocycles. The Bertz CT molecular complexity index is 754. The van der Waals surface area contributed by atoms with Crippen LogP contribution in [-0.4, -0.2) is 0 Å². The zero-order valence-electron chi connectivity index (χ0n) is 25.5. The number of rotatable bonds is 14. The summed E-state index contributed by atoms with van der Waals surface area (Å²) in [4.78, 5) is 0. The zero-order chi connectivity index (χ0) is 26.6. The minimum Gasteiger partial charge on any atom is -0.103 e. The lowest BCUT2D eigenvalue weighted by atomic mass is 9.59. The molecule has 0 spiro atoms. The molecule has 0 saturated heterocycles. The molecule has 1 aromatic rings. The molecule has 0 fully saturated rings. The van der Waals surface area contributed by atoms with Gasteiger partial charge >= 0.3 is 0 Å². The predicted molar refractivity (Wildman–Crippen MR) is 155 cm³/mol. The Morgan fingerprint density at radius 2 is 1.18 bits per heavy atom. The number of allylic oxidation sites excluding steroid dienone is 1. The molecule has 0 aromatic heterocycles. The van der Waals surface area contributed by atoms with Gasteiger partial charge in [0.05, 0.1) is 0 Å². The first-order valence-corrected chi connectivity index (χ1v) is 13.9. The van der Waals surface area contributed by atoms with Crippen molar-refractivity contribution in [2.24, 2.45) is 32.5 Å². The van der Waals surface area contributed by atoms with Crippen molar-refractivity contribution in [3.63, 3.8) is 0 Å². The molecular weight excluding hydrogens is 408 g/mol. The van der Waals surface area contributed by atoms with Crippen molar-refractivity contribution in [3.05, 3.63) is 48.6 Å². The van der Waals surface area contributed by atoms with E-state index in [1.807, 2.05) is 0 Å². The SMILES string of the molecule is C=CC(C)(C)C(C)(C)CCC(C)(C)CC(c1ccccc1)C(C)(C)CCC(C)(C)C(C)(C)CC. The minimum atomic E-state index is 0.138.